The maximum Gasteiger partial charge on any atom is 0.252 e. The molecule has 1 atom stereocenters. The number of anilines is 1. The summed E-state index contributed by atoms with van der Waals surface area (Å²) < 4.78 is 10.5. The molecule has 3 heterocycles. The molecule has 9 nitrogen and oxygen atoms in total. The van der Waals surface area contributed by atoms with Gasteiger partial charge in [-0.3, -0.25) is 14.2 Å². The van der Waals surface area contributed by atoms with Crippen LogP contribution in [0.15, 0.2) is 72.0 Å². The number of nitrogens with one attached hydrogen (secondary N) is 1. The zero-order chi connectivity index (χ0) is 27.0. The van der Waals surface area contributed by atoms with Crippen LogP contribution in [0.25, 0.3) is 27.6 Å². The lowest BCUT2D eigenvalue weighted by Gasteiger charge is -2.21. The molecule has 1 N–H and O–H groups in total. The molecule has 0 aliphatic rings. The SMILES string of the molecule is CC[C@@H](C(=O)Nc1ccc2cn(C)cc2c1)n1cc(OC)c(-c2cc(Cl)ccc2-n2cc(Cl)nn2)cc1=O. The van der Waals surface area contributed by atoms with Gasteiger partial charge in [-0.05, 0) is 42.1 Å². The average molecular weight is 551 g/mol. The van der Waals surface area contributed by atoms with Gasteiger partial charge in [0.25, 0.3) is 5.56 Å². The van der Waals surface area contributed by atoms with E-state index < -0.39 is 6.04 Å². The van der Waals surface area contributed by atoms with Crippen LogP contribution in [0, 0.1) is 0 Å². The topological polar surface area (TPSA) is 96.0 Å². The molecule has 0 unspecified atom stereocenters. The van der Waals surface area contributed by atoms with Crippen LogP contribution in [0.5, 0.6) is 5.75 Å². The monoisotopic (exact) mass is 550 g/mol. The van der Waals surface area contributed by atoms with E-state index in [9.17, 15) is 9.59 Å². The Hall–Kier alpha value is -4.08. The number of aryl methyl sites for hydroxylation is 1. The number of carbonyl (C=O) groups is 1. The van der Waals surface area contributed by atoms with Crippen molar-refractivity contribution in [3.8, 4) is 22.6 Å². The largest absolute Gasteiger partial charge is 0.495 e. The van der Waals surface area contributed by atoms with E-state index in [0.717, 1.165) is 10.8 Å². The number of hydrogen-bond acceptors (Lipinski definition) is 5. The second-order valence-electron chi connectivity index (χ2n) is 8.83. The third-order valence-corrected chi connectivity index (χ3v) is 6.70. The molecule has 2 aromatic carbocycles. The van der Waals surface area contributed by atoms with Crippen molar-refractivity contribution in [1.82, 2.24) is 24.1 Å². The van der Waals surface area contributed by atoms with Crippen molar-refractivity contribution in [2.45, 2.75) is 19.4 Å². The van der Waals surface area contributed by atoms with Gasteiger partial charge < -0.3 is 14.6 Å². The highest BCUT2D eigenvalue weighted by molar-refractivity contribution is 6.31. The molecule has 0 aliphatic carbocycles. The molecule has 5 rings (SSSR count). The Balaban J connectivity index is 1.52. The van der Waals surface area contributed by atoms with Crippen LogP contribution in [0.3, 0.4) is 0 Å². The van der Waals surface area contributed by atoms with Gasteiger partial charge in [0.15, 0.2) is 5.15 Å². The lowest BCUT2D eigenvalue weighted by atomic mass is 10.0. The summed E-state index contributed by atoms with van der Waals surface area (Å²) in [7, 11) is 3.45. The highest BCUT2D eigenvalue weighted by atomic mass is 35.5. The highest BCUT2D eigenvalue weighted by Gasteiger charge is 2.23. The molecule has 11 heteroatoms. The lowest BCUT2D eigenvalue weighted by molar-refractivity contribution is -0.119. The third-order valence-electron chi connectivity index (χ3n) is 6.29. The molecule has 0 saturated heterocycles. The van der Waals surface area contributed by atoms with E-state index in [0.29, 0.717) is 39.7 Å². The van der Waals surface area contributed by atoms with E-state index in [2.05, 4.69) is 15.6 Å². The van der Waals surface area contributed by atoms with E-state index in [1.807, 2.05) is 49.1 Å². The number of amides is 1. The van der Waals surface area contributed by atoms with Crippen LogP contribution in [0.4, 0.5) is 5.69 Å². The standard InChI is InChI=1S/C27H24Cl2N6O3/c1-4-22(27(37)30-19-7-5-16-12-33(2)13-17(16)9-19)34-14-24(38-3)21(11-26(34)36)20-10-18(28)6-8-23(20)35-15-25(29)31-32-35/h5-15,22H,4H2,1-3H3,(H,30,37)/t22-/m0/s1. The molecule has 0 spiro atoms. The molecule has 0 fully saturated rings. The maximum absolute atomic E-state index is 13.4. The van der Waals surface area contributed by atoms with Crippen molar-refractivity contribution in [2.75, 3.05) is 12.4 Å². The Morgan fingerprint density at radius 2 is 1.82 bits per heavy atom. The van der Waals surface area contributed by atoms with E-state index in [-0.39, 0.29) is 16.6 Å². The Morgan fingerprint density at radius 3 is 2.53 bits per heavy atom. The van der Waals surface area contributed by atoms with Crippen LogP contribution < -0.4 is 15.6 Å². The van der Waals surface area contributed by atoms with Gasteiger partial charge in [-0.15, -0.1) is 5.10 Å². The number of carbonyl (C=O) groups excluding carboxylic acids is 1. The number of ether oxygens (including phenoxy) is 1. The van der Waals surface area contributed by atoms with E-state index in [1.54, 1.807) is 30.6 Å². The van der Waals surface area contributed by atoms with Gasteiger partial charge in [-0.1, -0.05) is 41.4 Å². The molecule has 0 bridgehead atoms. The van der Waals surface area contributed by atoms with Crippen molar-refractivity contribution in [3.63, 3.8) is 0 Å². The van der Waals surface area contributed by atoms with Crippen molar-refractivity contribution in [3.05, 3.63) is 87.8 Å². The summed E-state index contributed by atoms with van der Waals surface area (Å²) in [4.78, 5) is 26.7. The summed E-state index contributed by atoms with van der Waals surface area (Å²) >= 11 is 12.3. The first kappa shape index (κ1) is 25.6. The van der Waals surface area contributed by atoms with E-state index in [1.165, 1.54) is 22.4 Å². The first-order valence-corrected chi connectivity index (χ1v) is 12.6. The summed E-state index contributed by atoms with van der Waals surface area (Å²) in [6.45, 7) is 1.85. The second kappa shape index (κ2) is 10.4. The van der Waals surface area contributed by atoms with Crippen LogP contribution >= 0.6 is 23.2 Å². The van der Waals surface area contributed by atoms with Gasteiger partial charge in [0, 0.05) is 52.7 Å². The second-order valence-corrected chi connectivity index (χ2v) is 9.65. The van der Waals surface area contributed by atoms with Crippen molar-refractivity contribution >= 4 is 45.6 Å². The van der Waals surface area contributed by atoms with Crippen LogP contribution in [0.1, 0.15) is 19.4 Å². The quantitative estimate of drug-likeness (QED) is 0.289. The Bertz CT molecular complexity index is 1720. The normalized spacial score (nSPS) is 12.0. The number of pyridine rings is 1. The molecule has 194 valence electrons. The first-order chi connectivity index (χ1) is 18.3. The zero-order valence-electron chi connectivity index (χ0n) is 20.9. The number of nitrogens with zero attached hydrogens (tertiary/aromatic N) is 5. The van der Waals surface area contributed by atoms with Crippen molar-refractivity contribution in [2.24, 2.45) is 7.05 Å². The first-order valence-electron chi connectivity index (χ1n) is 11.8. The number of benzene rings is 2. The highest BCUT2D eigenvalue weighted by Crippen LogP contribution is 2.35. The predicted octanol–water partition coefficient (Wildman–Crippen LogP) is 5.49. The number of methoxy groups -OCH3 is 1. The molecule has 0 aliphatic heterocycles. The Kier molecular flexibility index (Phi) is 6.96. The minimum absolute atomic E-state index is 0.219. The maximum atomic E-state index is 13.4. The smallest absolute Gasteiger partial charge is 0.252 e. The number of rotatable bonds is 7. The number of halogens is 2. The fraction of sp³-hybridized carbons (Fsp3) is 0.185. The number of hydrogen-bond donors (Lipinski definition) is 1. The molecule has 0 radical (unpaired) electrons. The van der Waals surface area contributed by atoms with E-state index in [4.69, 9.17) is 27.9 Å². The van der Waals surface area contributed by atoms with E-state index >= 15 is 0 Å². The molecule has 0 saturated carbocycles. The zero-order valence-corrected chi connectivity index (χ0v) is 22.4. The van der Waals surface area contributed by atoms with Crippen LogP contribution in [-0.2, 0) is 11.8 Å². The van der Waals surface area contributed by atoms with Gasteiger partial charge in [0.2, 0.25) is 5.91 Å². The third kappa shape index (κ3) is 4.90. The molecule has 38 heavy (non-hydrogen) atoms. The summed E-state index contributed by atoms with van der Waals surface area (Å²) in [5.41, 5.74) is 1.96. The lowest BCUT2D eigenvalue weighted by Crippen LogP contribution is -2.32. The van der Waals surface area contributed by atoms with Gasteiger partial charge in [-0.2, -0.15) is 0 Å². The fourth-order valence-electron chi connectivity index (χ4n) is 4.52. The molecular weight excluding hydrogens is 527 g/mol. The summed E-state index contributed by atoms with van der Waals surface area (Å²) in [6, 6.07) is 11.5. The van der Waals surface area contributed by atoms with Gasteiger partial charge >= 0.3 is 0 Å². The molecule has 3 aromatic heterocycles. The van der Waals surface area contributed by atoms with Crippen molar-refractivity contribution < 1.29 is 9.53 Å². The summed E-state index contributed by atoms with van der Waals surface area (Å²) in [5.74, 6) is 0.0803. The predicted molar refractivity (Wildman–Crippen MR) is 149 cm³/mol. The van der Waals surface area contributed by atoms with Gasteiger partial charge in [-0.25, -0.2) is 4.68 Å². The molecule has 1 amide bonds. The summed E-state index contributed by atoms with van der Waals surface area (Å²) in [6.07, 6.45) is 7.47. The van der Waals surface area contributed by atoms with Gasteiger partial charge in [0.1, 0.15) is 11.8 Å². The Morgan fingerprint density at radius 1 is 1.03 bits per heavy atom. The Labute approximate surface area is 228 Å². The number of aromatic nitrogens is 5. The minimum Gasteiger partial charge on any atom is -0.495 e. The van der Waals surface area contributed by atoms with Crippen molar-refractivity contribution in [1.29, 1.82) is 0 Å². The summed E-state index contributed by atoms with van der Waals surface area (Å²) in [5, 5.41) is 13.6. The molecular formula is C27H24Cl2N6O3. The average Bonchev–Trinajstić information content (AvgIpc) is 3.49. The number of fused-ring (bicyclic) bond motifs is 1. The van der Waals surface area contributed by atoms with Gasteiger partial charge in [0.05, 0.1) is 25.2 Å². The van der Waals surface area contributed by atoms with Crippen LogP contribution in [-0.4, -0.2) is 37.1 Å². The molecule has 5 aromatic rings. The van der Waals surface area contributed by atoms with Crippen LogP contribution in [0.2, 0.25) is 10.2 Å². The fourth-order valence-corrected chi connectivity index (χ4v) is 4.82. The minimum atomic E-state index is -0.759.